The molecule has 156 valence electrons. The standard InChI is InChI=1S/C20H28N6O2S/c1-29(22,28)15-8-6-14(7-9-15)24-19-18-17(10-11-23-20(18)27)26(25-19)16-5-3-2-4-13(16)12-21/h6-9,13,16-19,22,24-25H,2-5,10-11H2,1H3,(H,23,27)/t13-,16?,17?,18?,19?,29?/m1/s1. The first-order valence-corrected chi connectivity index (χ1v) is 12.2. The Kier molecular flexibility index (Phi) is 5.51. The van der Waals surface area contributed by atoms with Crippen LogP contribution >= 0.6 is 0 Å². The van der Waals surface area contributed by atoms with E-state index < -0.39 is 9.73 Å². The molecule has 5 unspecified atom stereocenters. The molecule has 9 heteroatoms. The number of benzene rings is 1. The zero-order valence-corrected chi connectivity index (χ0v) is 17.4. The van der Waals surface area contributed by atoms with Gasteiger partial charge in [-0.1, -0.05) is 12.8 Å². The monoisotopic (exact) mass is 416 g/mol. The average molecular weight is 417 g/mol. The number of amides is 1. The fraction of sp³-hybridized carbons (Fsp3) is 0.600. The third-order valence-corrected chi connectivity index (χ3v) is 7.51. The number of nitrogens with one attached hydrogen (secondary N) is 4. The van der Waals surface area contributed by atoms with Crippen LogP contribution < -0.4 is 16.1 Å². The minimum absolute atomic E-state index is 0.0188. The lowest BCUT2D eigenvalue weighted by Gasteiger charge is -2.39. The predicted molar refractivity (Wildman–Crippen MR) is 110 cm³/mol. The SMILES string of the molecule is CS(=N)(=O)c1ccc(NC2NN(C3CCCC[C@@H]3C#N)C3CCNC(=O)C23)cc1. The van der Waals surface area contributed by atoms with Gasteiger partial charge < -0.3 is 10.6 Å². The summed E-state index contributed by atoms with van der Waals surface area (Å²) in [5.74, 6) is -0.247. The number of hydrogen-bond donors (Lipinski definition) is 4. The van der Waals surface area contributed by atoms with Crippen molar-refractivity contribution >= 4 is 21.3 Å². The molecule has 0 radical (unpaired) electrons. The average Bonchev–Trinajstić information content (AvgIpc) is 3.07. The smallest absolute Gasteiger partial charge is 0.228 e. The number of anilines is 1. The van der Waals surface area contributed by atoms with E-state index in [0.29, 0.717) is 11.4 Å². The number of hydrogen-bond acceptors (Lipinski definition) is 7. The Balaban J connectivity index is 1.56. The van der Waals surface area contributed by atoms with Crippen LogP contribution in [0.25, 0.3) is 0 Å². The topological polar surface area (TPSA) is 121 Å². The van der Waals surface area contributed by atoms with E-state index in [-0.39, 0.29) is 36.0 Å². The van der Waals surface area contributed by atoms with Crippen molar-refractivity contribution in [3.8, 4) is 6.07 Å². The molecule has 1 saturated carbocycles. The summed E-state index contributed by atoms with van der Waals surface area (Å²) < 4.78 is 19.6. The maximum atomic E-state index is 12.7. The van der Waals surface area contributed by atoms with Gasteiger partial charge >= 0.3 is 0 Å². The van der Waals surface area contributed by atoms with Gasteiger partial charge in [0, 0.05) is 35.5 Å². The zero-order chi connectivity index (χ0) is 20.6. The van der Waals surface area contributed by atoms with Crippen LogP contribution in [0.5, 0.6) is 0 Å². The summed E-state index contributed by atoms with van der Waals surface area (Å²) in [5.41, 5.74) is 4.31. The van der Waals surface area contributed by atoms with Gasteiger partial charge in [0.2, 0.25) is 5.91 Å². The predicted octanol–water partition coefficient (Wildman–Crippen LogP) is 1.87. The van der Waals surface area contributed by atoms with Gasteiger partial charge in [0.05, 0.1) is 27.6 Å². The molecule has 2 heterocycles. The first-order valence-electron chi connectivity index (χ1n) is 10.2. The lowest BCUT2D eigenvalue weighted by atomic mass is 9.83. The molecule has 6 atom stereocenters. The van der Waals surface area contributed by atoms with Crippen molar-refractivity contribution in [1.29, 1.82) is 10.0 Å². The van der Waals surface area contributed by atoms with E-state index in [1.165, 1.54) is 6.26 Å². The van der Waals surface area contributed by atoms with Gasteiger partial charge in [-0.15, -0.1) is 0 Å². The van der Waals surface area contributed by atoms with Crippen molar-refractivity contribution in [2.75, 3.05) is 18.1 Å². The summed E-state index contributed by atoms with van der Waals surface area (Å²) in [6.07, 6.45) is 6.03. The Hall–Kier alpha value is -2.15. The molecule has 2 aliphatic heterocycles. The lowest BCUT2D eigenvalue weighted by Crippen LogP contribution is -2.54. The lowest BCUT2D eigenvalue weighted by molar-refractivity contribution is -0.128. The molecule has 4 N–H and O–H groups in total. The third-order valence-electron chi connectivity index (χ3n) is 6.34. The number of nitrogens with zero attached hydrogens (tertiary/aromatic N) is 2. The Labute approximate surface area is 172 Å². The fourth-order valence-electron chi connectivity index (χ4n) is 4.89. The van der Waals surface area contributed by atoms with Crippen LogP contribution in [0.4, 0.5) is 5.69 Å². The number of nitriles is 1. The Morgan fingerprint density at radius 2 is 1.93 bits per heavy atom. The maximum absolute atomic E-state index is 12.7. The van der Waals surface area contributed by atoms with Crippen molar-refractivity contribution in [2.45, 2.75) is 55.2 Å². The zero-order valence-electron chi connectivity index (χ0n) is 16.6. The molecule has 4 rings (SSSR count). The number of carbonyl (C=O) groups excluding carboxylic acids is 1. The molecule has 1 aromatic rings. The van der Waals surface area contributed by atoms with Gasteiger partial charge in [-0.05, 0) is 43.5 Å². The van der Waals surface area contributed by atoms with E-state index in [0.717, 1.165) is 37.8 Å². The van der Waals surface area contributed by atoms with Gasteiger partial charge in [0.1, 0.15) is 6.17 Å². The second-order valence-corrected chi connectivity index (χ2v) is 10.4. The van der Waals surface area contributed by atoms with E-state index in [1.807, 2.05) is 0 Å². The minimum Gasteiger partial charge on any atom is -0.368 e. The van der Waals surface area contributed by atoms with Crippen molar-refractivity contribution in [1.82, 2.24) is 15.8 Å². The molecule has 0 spiro atoms. The minimum atomic E-state index is -2.75. The van der Waals surface area contributed by atoms with Gasteiger partial charge in [0.15, 0.2) is 0 Å². The molecule has 29 heavy (non-hydrogen) atoms. The van der Waals surface area contributed by atoms with Gasteiger partial charge in [-0.25, -0.2) is 19.4 Å². The van der Waals surface area contributed by atoms with E-state index in [2.05, 4.69) is 27.1 Å². The maximum Gasteiger partial charge on any atom is 0.228 e. The van der Waals surface area contributed by atoms with Gasteiger partial charge in [0.25, 0.3) is 0 Å². The molecule has 1 aromatic carbocycles. The highest BCUT2D eigenvalue weighted by atomic mass is 32.2. The quantitative estimate of drug-likeness (QED) is 0.595. The molecule has 3 fully saturated rings. The number of hydrazine groups is 1. The molecular formula is C20H28N6O2S. The molecule has 1 amide bonds. The largest absolute Gasteiger partial charge is 0.368 e. The molecular weight excluding hydrogens is 388 g/mol. The molecule has 1 aliphatic carbocycles. The molecule has 3 aliphatic rings. The van der Waals surface area contributed by atoms with E-state index in [9.17, 15) is 14.3 Å². The highest BCUT2D eigenvalue weighted by Crippen LogP contribution is 2.36. The van der Waals surface area contributed by atoms with Crippen LogP contribution in [0.3, 0.4) is 0 Å². The second-order valence-electron chi connectivity index (χ2n) is 8.29. The highest BCUT2D eigenvalue weighted by molar-refractivity contribution is 7.91. The Morgan fingerprint density at radius 3 is 2.62 bits per heavy atom. The number of piperidine rings is 1. The van der Waals surface area contributed by atoms with Crippen molar-refractivity contribution in [2.24, 2.45) is 11.8 Å². The van der Waals surface area contributed by atoms with Crippen molar-refractivity contribution < 1.29 is 9.00 Å². The van der Waals surface area contributed by atoms with E-state index >= 15 is 0 Å². The van der Waals surface area contributed by atoms with Crippen LogP contribution in [0.2, 0.25) is 0 Å². The Morgan fingerprint density at radius 1 is 1.21 bits per heavy atom. The second kappa shape index (κ2) is 7.94. The summed E-state index contributed by atoms with van der Waals surface area (Å²) in [7, 11) is -2.75. The third kappa shape index (κ3) is 3.97. The Bertz CT molecular complexity index is 910. The van der Waals surface area contributed by atoms with E-state index in [1.54, 1.807) is 24.3 Å². The van der Waals surface area contributed by atoms with Crippen molar-refractivity contribution in [3.63, 3.8) is 0 Å². The summed E-state index contributed by atoms with van der Waals surface area (Å²) >= 11 is 0. The first kappa shape index (κ1) is 20.1. The van der Waals surface area contributed by atoms with Crippen LogP contribution in [0, 0.1) is 27.9 Å². The van der Waals surface area contributed by atoms with Gasteiger partial charge in [-0.3, -0.25) is 4.79 Å². The molecule has 8 nitrogen and oxygen atoms in total. The number of fused-ring (bicyclic) bond motifs is 1. The molecule has 0 aromatic heterocycles. The van der Waals surface area contributed by atoms with Crippen LogP contribution in [0.1, 0.15) is 32.1 Å². The summed E-state index contributed by atoms with van der Waals surface area (Å²) in [5, 5.41) is 18.2. The summed E-state index contributed by atoms with van der Waals surface area (Å²) in [4.78, 5) is 13.2. The fourth-order valence-corrected chi connectivity index (χ4v) is 5.54. The number of rotatable bonds is 4. The first-order chi connectivity index (χ1) is 13.9. The van der Waals surface area contributed by atoms with Crippen LogP contribution in [0.15, 0.2) is 29.2 Å². The van der Waals surface area contributed by atoms with Crippen LogP contribution in [-0.2, 0) is 14.5 Å². The highest BCUT2D eigenvalue weighted by Gasteiger charge is 2.51. The molecule has 2 saturated heterocycles. The summed E-state index contributed by atoms with van der Waals surface area (Å²) in [6.45, 7) is 0.651. The summed E-state index contributed by atoms with van der Waals surface area (Å²) in [6, 6.07) is 9.63. The molecule has 0 bridgehead atoms. The number of carbonyl (C=O) groups is 1. The van der Waals surface area contributed by atoms with Crippen LogP contribution in [-0.4, -0.2) is 46.2 Å². The van der Waals surface area contributed by atoms with E-state index in [4.69, 9.17) is 4.78 Å². The van der Waals surface area contributed by atoms with Crippen molar-refractivity contribution in [3.05, 3.63) is 24.3 Å². The van der Waals surface area contributed by atoms with Gasteiger partial charge in [-0.2, -0.15) is 5.26 Å². The normalized spacial score (nSPS) is 34.5.